The van der Waals surface area contributed by atoms with Gasteiger partial charge < -0.3 is 4.74 Å². The van der Waals surface area contributed by atoms with E-state index in [1.54, 1.807) is 18.2 Å². The third-order valence-corrected chi connectivity index (χ3v) is 2.92. The molecule has 0 saturated carbocycles. The maximum atomic E-state index is 11.7. The standard InChI is InChI=1S/C16H16O3/c1-3-8-19-16(18)15-7-6-13-9-12(11(2)17)4-5-14(13)10-15/h4-7,9-10H,3,8H2,1-2H3. The largest absolute Gasteiger partial charge is 0.462 e. The van der Waals surface area contributed by atoms with Gasteiger partial charge in [0.05, 0.1) is 12.2 Å². The normalized spacial score (nSPS) is 10.4. The van der Waals surface area contributed by atoms with E-state index in [4.69, 9.17) is 4.74 Å². The first-order chi connectivity index (χ1) is 9.11. The summed E-state index contributed by atoms with van der Waals surface area (Å²) in [7, 11) is 0. The van der Waals surface area contributed by atoms with Crippen LogP contribution in [0.4, 0.5) is 0 Å². The summed E-state index contributed by atoms with van der Waals surface area (Å²) in [5.41, 5.74) is 1.21. The molecule has 98 valence electrons. The molecule has 0 saturated heterocycles. The lowest BCUT2D eigenvalue weighted by atomic mass is 10.0. The van der Waals surface area contributed by atoms with Crippen molar-refractivity contribution in [3.05, 3.63) is 47.5 Å². The minimum Gasteiger partial charge on any atom is -0.462 e. The van der Waals surface area contributed by atoms with Crippen LogP contribution >= 0.6 is 0 Å². The van der Waals surface area contributed by atoms with Gasteiger partial charge in [-0.05, 0) is 42.3 Å². The molecule has 0 atom stereocenters. The van der Waals surface area contributed by atoms with Gasteiger partial charge in [0.25, 0.3) is 0 Å². The van der Waals surface area contributed by atoms with E-state index in [1.165, 1.54) is 6.92 Å². The van der Waals surface area contributed by atoms with E-state index in [9.17, 15) is 9.59 Å². The van der Waals surface area contributed by atoms with Gasteiger partial charge in [-0.15, -0.1) is 0 Å². The molecule has 0 radical (unpaired) electrons. The van der Waals surface area contributed by atoms with Crippen molar-refractivity contribution in [1.29, 1.82) is 0 Å². The van der Waals surface area contributed by atoms with Crippen LogP contribution in [-0.4, -0.2) is 18.4 Å². The fourth-order valence-electron chi connectivity index (χ4n) is 1.87. The number of hydrogen-bond donors (Lipinski definition) is 0. The molecule has 0 bridgehead atoms. The second kappa shape index (κ2) is 5.65. The van der Waals surface area contributed by atoms with Gasteiger partial charge in [-0.3, -0.25) is 4.79 Å². The van der Waals surface area contributed by atoms with Crippen molar-refractivity contribution in [1.82, 2.24) is 0 Å². The first kappa shape index (κ1) is 13.3. The maximum absolute atomic E-state index is 11.7. The van der Waals surface area contributed by atoms with E-state index in [-0.39, 0.29) is 11.8 Å². The molecule has 0 amide bonds. The lowest BCUT2D eigenvalue weighted by Gasteiger charge is -2.05. The second-order valence-electron chi connectivity index (χ2n) is 4.47. The molecule has 19 heavy (non-hydrogen) atoms. The van der Waals surface area contributed by atoms with Crippen molar-refractivity contribution in [2.45, 2.75) is 20.3 Å². The van der Waals surface area contributed by atoms with E-state index in [0.29, 0.717) is 17.7 Å². The molecular weight excluding hydrogens is 240 g/mol. The molecule has 3 heteroatoms. The second-order valence-corrected chi connectivity index (χ2v) is 4.47. The Morgan fingerprint density at radius 1 is 1.00 bits per heavy atom. The highest BCUT2D eigenvalue weighted by Crippen LogP contribution is 2.19. The highest BCUT2D eigenvalue weighted by Gasteiger charge is 2.08. The van der Waals surface area contributed by atoms with Gasteiger partial charge >= 0.3 is 5.97 Å². The summed E-state index contributed by atoms with van der Waals surface area (Å²) in [6.07, 6.45) is 0.807. The Balaban J connectivity index is 2.34. The first-order valence-electron chi connectivity index (χ1n) is 6.33. The molecular formula is C16H16O3. The first-order valence-corrected chi connectivity index (χ1v) is 6.33. The van der Waals surface area contributed by atoms with Gasteiger partial charge in [0.2, 0.25) is 0 Å². The predicted octanol–water partition coefficient (Wildman–Crippen LogP) is 3.61. The molecule has 0 aliphatic rings. The van der Waals surface area contributed by atoms with E-state index in [1.807, 2.05) is 25.1 Å². The zero-order valence-electron chi connectivity index (χ0n) is 11.1. The molecule has 2 aromatic carbocycles. The van der Waals surface area contributed by atoms with Crippen molar-refractivity contribution in [2.24, 2.45) is 0 Å². The van der Waals surface area contributed by atoms with Crippen molar-refractivity contribution >= 4 is 22.5 Å². The van der Waals surface area contributed by atoms with Gasteiger partial charge in [-0.25, -0.2) is 4.79 Å². The topological polar surface area (TPSA) is 43.4 Å². The summed E-state index contributed by atoms with van der Waals surface area (Å²) >= 11 is 0. The van der Waals surface area contributed by atoms with Crippen LogP contribution in [0.3, 0.4) is 0 Å². The molecule has 0 aromatic heterocycles. The number of ketones is 1. The average Bonchev–Trinajstić information content (AvgIpc) is 2.43. The molecule has 0 aliphatic carbocycles. The number of rotatable bonds is 4. The lowest BCUT2D eigenvalue weighted by Crippen LogP contribution is -2.05. The number of benzene rings is 2. The Morgan fingerprint density at radius 3 is 2.16 bits per heavy atom. The van der Waals surface area contributed by atoms with Crippen LogP contribution < -0.4 is 0 Å². The van der Waals surface area contributed by atoms with Crippen molar-refractivity contribution in [3.63, 3.8) is 0 Å². The number of carbonyl (C=O) groups excluding carboxylic acids is 2. The van der Waals surface area contributed by atoms with Gasteiger partial charge in [-0.2, -0.15) is 0 Å². The van der Waals surface area contributed by atoms with Gasteiger partial charge in [0, 0.05) is 5.56 Å². The smallest absolute Gasteiger partial charge is 0.338 e. The summed E-state index contributed by atoms with van der Waals surface area (Å²) in [4.78, 5) is 23.1. The number of Topliss-reactive ketones (excluding diaryl/α,β-unsaturated/α-hetero) is 1. The van der Waals surface area contributed by atoms with Crippen LogP contribution in [-0.2, 0) is 4.74 Å². The molecule has 3 nitrogen and oxygen atoms in total. The van der Waals surface area contributed by atoms with E-state index >= 15 is 0 Å². The molecule has 0 spiro atoms. The number of hydrogen-bond acceptors (Lipinski definition) is 3. The fraction of sp³-hybridized carbons (Fsp3) is 0.250. The summed E-state index contributed by atoms with van der Waals surface area (Å²) in [5, 5.41) is 1.87. The number of carbonyl (C=O) groups is 2. The van der Waals surface area contributed by atoms with E-state index in [2.05, 4.69) is 0 Å². The summed E-state index contributed by atoms with van der Waals surface area (Å²) in [6, 6.07) is 10.8. The molecule has 0 heterocycles. The highest BCUT2D eigenvalue weighted by molar-refractivity contribution is 6.00. The Kier molecular flexibility index (Phi) is 3.95. The van der Waals surface area contributed by atoms with Gasteiger partial charge in [0.15, 0.2) is 5.78 Å². The summed E-state index contributed by atoms with van der Waals surface area (Å²) in [6.45, 7) is 3.93. The number of ether oxygens (including phenoxy) is 1. The van der Waals surface area contributed by atoms with E-state index < -0.39 is 0 Å². The summed E-state index contributed by atoms with van der Waals surface area (Å²) < 4.78 is 5.10. The Bertz CT molecular complexity index is 629. The highest BCUT2D eigenvalue weighted by atomic mass is 16.5. The Labute approximate surface area is 112 Å². The molecule has 0 aliphatic heterocycles. The number of esters is 1. The third-order valence-electron chi connectivity index (χ3n) is 2.92. The SMILES string of the molecule is CCCOC(=O)c1ccc2cc(C(C)=O)ccc2c1. The molecule has 0 N–H and O–H groups in total. The quantitative estimate of drug-likeness (QED) is 0.620. The van der Waals surface area contributed by atoms with Crippen molar-refractivity contribution < 1.29 is 14.3 Å². The monoisotopic (exact) mass is 256 g/mol. The summed E-state index contributed by atoms with van der Waals surface area (Å²) in [5.74, 6) is -0.271. The van der Waals surface area contributed by atoms with Crippen LogP contribution in [0, 0.1) is 0 Å². The van der Waals surface area contributed by atoms with E-state index in [0.717, 1.165) is 17.2 Å². The van der Waals surface area contributed by atoms with Crippen LogP contribution in [0.1, 0.15) is 41.0 Å². The zero-order chi connectivity index (χ0) is 13.8. The Hall–Kier alpha value is -2.16. The Morgan fingerprint density at radius 2 is 1.58 bits per heavy atom. The van der Waals surface area contributed by atoms with Gasteiger partial charge in [0.1, 0.15) is 0 Å². The zero-order valence-corrected chi connectivity index (χ0v) is 11.1. The lowest BCUT2D eigenvalue weighted by molar-refractivity contribution is 0.0505. The van der Waals surface area contributed by atoms with Crippen LogP contribution in [0.5, 0.6) is 0 Å². The van der Waals surface area contributed by atoms with Crippen molar-refractivity contribution in [2.75, 3.05) is 6.61 Å². The van der Waals surface area contributed by atoms with Crippen LogP contribution in [0.2, 0.25) is 0 Å². The molecule has 0 unspecified atom stereocenters. The predicted molar refractivity (Wildman–Crippen MR) is 74.5 cm³/mol. The van der Waals surface area contributed by atoms with Crippen LogP contribution in [0.25, 0.3) is 10.8 Å². The molecule has 2 aromatic rings. The average molecular weight is 256 g/mol. The fourth-order valence-corrected chi connectivity index (χ4v) is 1.87. The third kappa shape index (κ3) is 2.99. The van der Waals surface area contributed by atoms with Gasteiger partial charge in [-0.1, -0.05) is 25.1 Å². The minimum atomic E-state index is -0.306. The van der Waals surface area contributed by atoms with Crippen LogP contribution in [0.15, 0.2) is 36.4 Å². The minimum absolute atomic E-state index is 0.0355. The number of fused-ring (bicyclic) bond motifs is 1. The van der Waals surface area contributed by atoms with Crippen molar-refractivity contribution in [3.8, 4) is 0 Å². The maximum Gasteiger partial charge on any atom is 0.338 e. The molecule has 2 rings (SSSR count). The molecule has 0 fully saturated rings.